The molecule has 0 aliphatic carbocycles. The van der Waals surface area contributed by atoms with Gasteiger partial charge in [0.1, 0.15) is 11.9 Å². The number of aliphatic hydroxyl groups excluding tert-OH is 1. The number of imidazole rings is 1. The SMILES string of the molecule is C#CCC(O)c1nccn1C. The maximum atomic E-state index is 9.36. The normalized spacial score (nSPS) is 12.5. The predicted molar refractivity (Wildman–Crippen MR) is 41.6 cm³/mol. The van der Waals surface area contributed by atoms with Crippen molar-refractivity contribution in [3.05, 3.63) is 18.2 Å². The van der Waals surface area contributed by atoms with Gasteiger partial charge in [-0.3, -0.25) is 0 Å². The Hall–Kier alpha value is -1.27. The van der Waals surface area contributed by atoms with Crippen LogP contribution in [0.5, 0.6) is 0 Å². The monoisotopic (exact) mass is 150 g/mol. The number of terminal acetylenes is 1. The van der Waals surface area contributed by atoms with E-state index < -0.39 is 6.10 Å². The van der Waals surface area contributed by atoms with Crippen LogP contribution < -0.4 is 0 Å². The molecule has 1 aromatic rings. The van der Waals surface area contributed by atoms with Crippen LogP contribution in [0.3, 0.4) is 0 Å². The smallest absolute Gasteiger partial charge is 0.138 e. The zero-order valence-corrected chi connectivity index (χ0v) is 6.36. The van der Waals surface area contributed by atoms with Crippen molar-refractivity contribution >= 4 is 0 Å². The van der Waals surface area contributed by atoms with Crippen LogP contribution in [0.2, 0.25) is 0 Å². The molecule has 3 nitrogen and oxygen atoms in total. The zero-order valence-electron chi connectivity index (χ0n) is 6.36. The maximum Gasteiger partial charge on any atom is 0.138 e. The molecule has 0 spiro atoms. The van der Waals surface area contributed by atoms with Crippen molar-refractivity contribution in [2.45, 2.75) is 12.5 Å². The Bertz CT molecular complexity index is 272. The highest BCUT2D eigenvalue weighted by Gasteiger charge is 2.09. The van der Waals surface area contributed by atoms with Gasteiger partial charge in [-0.25, -0.2) is 4.98 Å². The van der Waals surface area contributed by atoms with Gasteiger partial charge in [0.15, 0.2) is 0 Å². The first-order valence-electron chi connectivity index (χ1n) is 3.34. The lowest BCUT2D eigenvalue weighted by atomic mass is 10.2. The summed E-state index contributed by atoms with van der Waals surface area (Å²) in [5.74, 6) is 2.99. The molecule has 11 heavy (non-hydrogen) atoms. The van der Waals surface area contributed by atoms with Crippen LogP contribution in [-0.2, 0) is 7.05 Å². The van der Waals surface area contributed by atoms with Crippen molar-refractivity contribution in [1.29, 1.82) is 0 Å². The summed E-state index contributed by atoms with van der Waals surface area (Å²) in [6.07, 6.45) is 8.12. The van der Waals surface area contributed by atoms with E-state index in [1.165, 1.54) is 0 Å². The van der Waals surface area contributed by atoms with Gasteiger partial charge in [-0.05, 0) is 0 Å². The summed E-state index contributed by atoms with van der Waals surface area (Å²) in [5.41, 5.74) is 0. The summed E-state index contributed by atoms with van der Waals surface area (Å²) in [7, 11) is 1.82. The Kier molecular flexibility index (Phi) is 2.29. The molecule has 1 N–H and O–H groups in total. The van der Waals surface area contributed by atoms with Crippen LogP contribution in [0.1, 0.15) is 18.3 Å². The van der Waals surface area contributed by atoms with Gasteiger partial charge in [-0.1, -0.05) is 0 Å². The average molecular weight is 150 g/mol. The van der Waals surface area contributed by atoms with Crippen molar-refractivity contribution in [2.75, 3.05) is 0 Å². The number of aryl methyl sites for hydroxylation is 1. The van der Waals surface area contributed by atoms with Crippen LogP contribution >= 0.6 is 0 Å². The standard InChI is InChI=1S/C8H10N2O/c1-3-4-7(11)8-9-5-6-10(8)2/h1,5-7,11H,4H2,2H3. The third-order valence-electron chi connectivity index (χ3n) is 1.47. The van der Waals surface area contributed by atoms with Crippen LogP contribution in [0.4, 0.5) is 0 Å². The van der Waals surface area contributed by atoms with Gasteiger partial charge in [0.25, 0.3) is 0 Å². The molecular formula is C8H10N2O. The summed E-state index contributed by atoms with van der Waals surface area (Å²) in [6.45, 7) is 0. The molecule has 0 bridgehead atoms. The minimum absolute atomic E-state index is 0.310. The van der Waals surface area contributed by atoms with Crippen LogP contribution in [0.25, 0.3) is 0 Å². The van der Waals surface area contributed by atoms with Gasteiger partial charge in [-0.2, -0.15) is 0 Å². The highest BCUT2D eigenvalue weighted by Crippen LogP contribution is 2.11. The molecule has 0 aliphatic heterocycles. The molecule has 0 saturated heterocycles. The molecule has 0 aliphatic rings. The lowest BCUT2D eigenvalue weighted by molar-refractivity contribution is 0.170. The lowest BCUT2D eigenvalue weighted by Crippen LogP contribution is -2.04. The molecule has 0 radical (unpaired) electrons. The molecule has 58 valence electrons. The first-order chi connectivity index (χ1) is 5.25. The third kappa shape index (κ3) is 1.60. The number of aromatic nitrogens is 2. The number of rotatable bonds is 2. The minimum atomic E-state index is -0.639. The number of hydrogen-bond acceptors (Lipinski definition) is 2. The summed E-state index contributed by atoms with van der Waals surface area (Å²) < 4.78 is 1.75. The molecular weight excluding hydrogens is 140 g/mol. The Morgan fingerprint density at radius 1 is 1.91 bits per heavy atom. The molecule has 1 unspecified atom stereocenters. The van der Waals surface area contributed by atoms with Gasteiger partial charge >= 0.3 is 0 Å². The summed E-state index contributed by atoms with van der Waals surface area (Å²) in [6, 6.07) is 0. The molecule has 0 fully saturated rings. The molecule has 1 heterocycles. The molecule has 0 amide bonds. The van der Waals surface area contributed by atoms with Crippen molar-refractivity contribution in [3.8, 4) is 12.3 Å². The van der Waals surface area contributed by atoms with Gasteiger partial charge in [-0.15, -0.1) is 12.3 Å². The highest BCUT2D eigenvalue weighted by atomic mass is 16.3. The third-order valence-corrected chi connectivity index (χ3v) is 1.47. The van der Waals surface area contributed by atoms with E-state index in [9.17, 15) is 5.11 Å². The Morgan fingerprint density at radius 2 is 2.64 bits per heavy atom. The summed E-state index contributed by atoms with van der Waals surface area (Å²) in [4.78, 5) is 3.95. The molecule has 0 aromatic carbocycles. The van der Waals surface area contributed by atoms with Crippen LogP contribution in [0.15, 0.2) is 12.4 Å². The Balaban J connectivity index is 2.77. The molecule has 1 aromatic heterocycles. The van der Waals surface area contributed by atoms with Gasteiger partial charge in [0.2, 0.25) is 0 Å². The topological polar surface area (TPSA) is 38.1 Å². The molecule has 1 rings (SSSR count). The summed E-state index contributed by atoms with van der Waals surface area (Å²) in [5, 5.41) is 9.36. The van der Waals surface area contributed by atoms with E-state index in [1.54, 1.807) is 17.0 Å². The van der Waals surface area contributed by atoms with Crippen molar-refractivity contribution in [2.24, 2.45) is 7.05 Å². The van der Waals surface area contributed by atoms with E-state index in [4.69, 9.17) is 6.42 Å². The average Bonchev–Trinajstić information content (AvgIpc) is 2.36. The quantitative estimate of drug-likeness (QED) is 0.622. The molecule has 0 saturated carbocycles. The van der Waals surface area contributed by atoms with E-state index in [-0.39, 0.29) is 0 Å². The number of nitrogens with zero attached hydrogens (tertiary/aromatic N) is 2. The van der Waals surface area contributed by atoms with E-state index in [2.05, 4.69) is 10.9 Å². The first kappa shape index (κ1) is 7.83. The van der Waals surface area contributed by atoms with Crippen molar-refractivity contribution in [1.82, 2.24) is 9.55 Å². The van der Waals surface area contributed by atoms with Crippen LogP contribution in [-0.4, -0.2) is 14.7 Å². The van der Waals surface area contributed by atoms with Crippen LogP contribution in [0, 0.1) is 12.3 Å². The zero-order chi connectivity index (χ0) is 8.27. The fourth-order valence-electron chi connectivity index (χ4n) is 0.901. The van der Waals surface area contributed by atoms with Gasteiger partial charge in [0, 0.05) is 25.9 Å². The second-order valence-corrected chi connectivity index (χ2v) is 2.32. The van der Waals surface area contributed by atoms with Crippen molar-refractivity contribution in [3.63, 3.8) is 0 Å². The van der Waals surface area contributed by atoms with Gasteiger partial charge < -0.3 is 9.67 Å². The fourth-order valence-corrected chi connectivity index (χ4v) is 0.901. The van der Waals surface area contributed by atoms with Gasteiger partial charge in [0.05, 0.1) is 0 Å². The number of hydrogen-bond donors (Lipinski definition) is 1. The fraction of sp³-hybridized carbons (Fsp3) is 0.375. The molecule has 1 atom stereocenters. The van der Waals surface area contributed by atoms with E-state index >= 15 is 0 Å². The first-order valence-corrected chi connectivity index (χ1v) is 3.34. The maximum absolute atomic E-state index is 9.36. The minimum Gasteiger partial charge on any atom is -0.384 e. The van der Waals surface area contributed by atoms with E-state index in [0.717, 1.165) is 0 Å². The van der Waals surface area contributed by atoms with Crippen molar-refractivity contribution < 1.29 is 5.11 Å². The Labute approximate surface area is 65.7 Å². The van der Waals surface area contributed by atoms with E-state index in [0.29, 0.717) is 12.2 Å². The van der Waals surface area contributed by atoms with E-state index in [1.807, 2.05) is 7.05 Å². The Morgan fingerprint density at radius 3 is 3.09 bits per heavy atom. The lowest BCUT2D eigenvalue weighted by Gasteiger charge is -2.05. The number of aliphatic hydroxyl groups is 1. The second-order valence-electron chi connectivity index (χ2n) is 2.32. The highest BCUT2D eigenvalue weighted by molar-refractivity contribution is 5.00. The second kappa shape index (κ2) is 3.22. The summed E-state index contributed by atoms with van der Waals surface area (Å²) >= 11 is 0. The predicted octanol–water partition coefficient (Wildman–Crippen LogP) is 0.477. The molecule has 3 heteroatoms. The largest absolute Gasteiger partial charge is 0.384 e.